The number of aryl methyl sites for hydroxylation is 2. The molecule has 1 aliphatic heterocycles. The zero-order valence-corrected chi connectivity index (χ0v) is 11.9. The van der Waals surface area contributed by atoms with Crippen molar-refractivity contribution in [2.75, 3.05) is 26.7 Å². The van der Waals surface area contributed by atoms with E-state index in [4.69, 9.17) is 4.74 Å². The van der Waals surface area contributed by atoms with Crippen molar-refractivity contribution in [3.05, 3.63) is 28.3 Å². The Bertz CT molecular complexity index is 423. The van der Waals surface area contributed by atoms with E-state index in [1.54, 1.807) is 7.11 Å². The van der Waals surface area contributed by atoms with E-state index in [1.165, 1.54) is 22.3 Å². The Morgan fingerprint density at radius 2 is 2.00 bits per heavy atom. The highest BCUT2D eigenvalue weighted by atomic mass is 16.5. The Balaban J connectivity index is 2.28. The molecule has 1 atom stereocenters. The fraction of sp³-hybridized carbons (Fsp3) is 0.600. The summed E-state index contributed by atoms with van der Waals surface area (Å²) in [4.78, 5) is 0. The predicted octanol–water partition coefficient (Wildman–Crippen LogP) is 1.72. The van der Waals surface area contributed by atoms with Crippen LogP contribution in [-0.2, 0) is 6.42 Å². The molecule has 0 bridgehead atoms. The monoisotopic (exact) mass is 248 g/mol. The predicted molar refractivity (Wildman–Crippen MR) is 75.6 cm³/mol. The Hall–Kier alpha value is -1.06. The second-order valence-corrected chi connectivity index (χ2v) is 5.21. The first-order valence-electron chi connectivity index (χ1n) is 6.71. The number of hydrogen-bond donors (Lipinski definition) is 2. The third-order valence-electron chi connectivity index (χ3n) is 3.90. The number of ether oxygens (including phenoxy) is 1. The highest BCUT2D eigenvalue weighted by Crippen LogP contribution is 2.30. The van der Waals surface area contributed by atoms with E-state index in [0.717, 1.165) is 31.8 Å². The Kier molecular flexibility index (Phi) is 4.25. The maximum Gasteiger partial charge on any atom is 0.125 e. The first-order chi connectivity index (χ1) is 8.63. The smallest absolute Gasteiger partial charge is 0.125 e. The lowest BCUT2D eigenvalue weighted by molar-refractivity contribution is 0.388. The molecule has 2 N–H and O–H groups in total. The molecule has 1 unspecified atom stereocenters. The normalized spacial score (nSPS) is 19.9. The van der Waals surface area contributed by atoms with Gasteiger partial charge < -0.3 is 15.4 Å². The minimum Gasteiger partial charge on any atom is -0.496 e. The molecule has 2 rings (SSSR count). The number of methoxy groups -OCH3 is 1. The molecular weight excluding hydrogens is 224 g/mol. The summed E-state index contributed by atoms with van der Waals surface area (Å²) in [7, 11) is 1.78. The van der Waals surface area contributed by atoms with Gasteiger partial charge in [0.05, 0.1) is 7.11 Å². The number of piperazine rings is 1. The van der Waals surface area contributed by atoms with E-state index >= 15 is 0 Å². The van der Waals surface area contributed by atoms with Crippen LogP contribution < -0.4 is 15.4 Å². The largest absolute Gasteiger partial charge is 0.496 e. The Morgan fingerprint density at radius 1 is 1.22 bits per heavy atom. The molecule has 1 saturated heterocycles. The molecule has 0 aromatic heterocycles. The average Bonchev–Trinajstić information content (AvgIpc) is 2.37. The van der Waals surface area contributed by atoms with Gasteiger partial charge >= 0.3 is 0 Å². The molecule has 0 aliphatic carbocycles. The van der Waals surface area contributed by atoms with Gasteiger partial charge in [0.2, 0.25) is 0 Å². The van der Waals surface area contributed by atoms with Crippen LogP contribution in [0.5, 0.6) is 5.75 Å². The fourth-order valence-corrected chi connectivity index (χ4v) is 2.74. The molecule has 100 valence electrons. The van der Waals surface area contributed by atoms with Gasteiger partial charge in [0.15, 0.2) is 0 Å². The maximum atomic E-state index is 5.63. The van der Waals surface area contributed by atoms with Crippen molar-refractivity contribution in [1.82, 2.24) is 10.6 Å². The van der Waals surface area contributed by atoms with Crippen molar-refractivity contribution >= 4 is 0 Å². The molecule has 18 heavy (non-hydrogen) atoms. The van der Waals surface area contributed by atoms with E-state index in [9.17, 15) is 0 Å². The first-order valence-corrected chi connectivity index (χ1v) is 6.71. The van der Waals surface area contributed by atoms with E-state index in [1.807, 2.05) is 0 Å². The molecule has 3 heteroatoms. The van der Waals surface area contributed by atoms with E-state index in [2.05, 4.69) is 37.5 Å². The minimum atomic E-state index is 0.508. The van der Waals surface area contributed by atoms with Crippen LogP contribution in [-0.4, -0.2) is 32.8 Å². The first kappa shape index (κ1) is 13.4. The highest BCUT2D eigenvalue weighted by Gasteiger charge is 2.18. The van der Waals surface area contributed by atoms with Crippen LogP contribution in [0.25, 0.3) is 0 Å². The van der Waals surface area contributed by atoms with Gasteiger partial charge in [0, 0.05) is 25.7 Å². The van der Waals surface area contributed by atoms with Crippen molar-refractivity contribution in [1.29, 1.82) is 0 Å². The summed E-state index contributed by atoms with van der Waals surface area (Å²) < 4.78 is 5.63. The van der Waals surface area contributed by atoms with Crippen LogP contribution in [0.2, 0.25) is 0 Å². The van der Waals surface area contributed by atoms with Gasteiger partial charge in [0.25, 0.3) is 0 Å². The van der Waals surface area contributed by atoms with Crippen LogP contribution in [0.4, 0.5) is 0 Å². The number of nitrogens with one attached hydrogen (secondary N) is 2. The summed E-state index contributed by atoms with van der Waals surface area (Å²) in [6.07, 6.45) is 1.03. The molecule has 1 fully saturated rings. The van der Waals surface area contributed by atoms with Gasteiger partial charge in [-0.1, -0.05) is 6.07 Å². The van der Waals surface area contributed by atoms with E-state index in [-0.39, 0.29) is 0 Å². The fourth-order valence-electron chi connectivity index (χ4n) is 2.74. The summed E-state index contributed by atoms with van der Waals surface area (Å²) >= 11 is 0. The zero-order chi connectivity index (χ0) is 13.1. The number of hydrogen-bond acceptors (Lipinski definition) is 3. The van der Waals surface area contributed by atoms with Crippen molar-refractivity contribution in [3.8, 4) is 5.75 Å². The van der Waals surface area contributed by atoms with Crippen molar-refractivity contribution in [2.24, 2.45) is 0 Å². The highest BCUT2D eigenvalue weighted by molar-refractivity contribution is 5.50. The Morgan fingerprint density at radius 3 is 2.61 bits per heavy atom. The number of rotatable bonds is 3. The molecule has 1 heterocycles. The van der Waals surface area contributed by atoms with Crippen LogP contribution in [0.15, 0.2) is 6.07 Å². The maximum absolute atomic E-state index is 5.63. The summed E-state index contributed by atoms with van der Waals surface area (Å²) in [6, 6.07) is 2.78. The molecule has 1 aromatic carbocycles. The SMILES string of the molecule is COc1c(C)c(C)cc(C)c1CC1CNCCN1. The number of benzene rings is 1. The molecular formula is C15H24N2O. The molecule has 1 aromatic rings. The summed E-state index contributed by atoms with van der Waals surface area (Å²) in [5.41, 5.74) is 5.26. The van der Waals surface area contributed by atoms with Gasteiger partial charge in [-0.25, -0.2) is 0 Å². The summed E-state index contributed by atoms with van der Waals surface area (Å²) in [5.74, 6) is 1.07. The van der Waals surface area contributed by atoms with Crippen LogP contribution in [0, 0.1) is 20.8 Å². The van der Waals surface area contributed by atoms with Gasteiger partial charge in [-0.15, -0.1) is 0 Å². The topological polar surface area (TPSA) is 33.3 Å². The van der Waals surface area contributed by atoms with Crippen molar-refractivity contribution in [3.63, 3.8) is 0 Å². The van der Waals surface area contributed by atoms with E-state index < -0.39 is 0 Å². The lowest BCUT2D eigenvalue weighted by atomic mass is 9.94. The molecule has 0 saturated carbocycles. The second-order valence-electron chi connectivity index (χ2n) is 5.21. The Labute approximate surface area is 110 Å². The summed E-state index contributed by atoms with van der Waals surface area (Å²) in [6.45, 7) is 9.63. The zero-order valence-electron chi connectivity index (χ0n) is 11.9. The minimum absolute atomic E-state index is 0.508. The van der Waals surface area contributed by atoms with Crippen molar-refractivity contribution < 1.29 is 4.74 Å². The molecule has 0 spiro atoms. The molecule has 1 aliphatic rings. The molecule has 0 radical (unpaired) electrons. The standard InChI is InChI=1S/C15H24N2O/c1-10-7-11(2)14(15(18-4)12(10)3)8-13-9-16-5-6-17-13/h7,13,16-17H,5-6,8-9H2,1-4H3. The van der Waals surface area contributed by atoms with Crippen LogP contribution >= 0.6 is 0 Å². The van der Waals surface area contributed by atoms with Crippen LogP contribution in [0.3, 0.4) is 0 Å². The van der Waals surface area contributed by atoms with E-state index in [0.29, 0.717) is 6.04 Å². The lowest BCUT2D eigenvalue weighted by Gasteiger charge is -2.26. The van der Waals surface area contributed by atoms with Crippen LogP contribution in [0.1, 0.15) is 22.3 Å². The third kappa shape index (κ3) is 2.68. The van der Waals surface area contributed by atoms with Gasteiger partial charge in [-0.2, -0.15) is 0 Å². The average molecular weight is 248 g/mol. The van der Waals surface area contributed by atoms with Gasteiger partial charge in [-0.05, 0) is 49.4 Å². The van der Waals surface area contributed by atoms with Gasteiger partial charge in [-0.3, -0.25) is 0 Å². The van der Waals surface area contributed by atoms with Gasteiger partial charge in [0.1, 0.15) is 5.75 Å². The molecule has 0 amide bonds. The quantitative estimate of drug-likeness (QED) is 0.854. The lowest BCUT2D eigenvalue weighted by Crippen LogP contribution is -2.49. The van der Waals surface area contributed by atoms with Crippen molar-refractivity contribution in [2.45, 2.75) is 33.2 Å². The second kappa shape index (κ2) is 5.72. The third-order valence-corrected chi connectivity index (χ3v) is 3.90. The molecule has 3 nitrogen and oxygen atoms in total. The summed E-state index contributed by atoms with van der Waals surface area (Å²) in [5, 5.41) is 7.00.